The maximum atomic E-state index is 13.6. The molecule has 0 amide bonds. The van der Waals surface area contributed by atoms with Crippen molar-refractivity contribution in [2.45, 2.75) is 16.9 Å². The zero-order valence-corrected chi connectivity index (χ0v) is 13.4. The number of hydrogen-bond acceptors (Lipinski definition) is 3. The molecule has 2 aromatic rings. The van der Waals surface area contributed by atoms with Gasteiger partial charge < -0.3 is 9.47 Å². The average molecular weight is 327 g/mol. The minimum absolute atomic E-state index is 0.234. The van der Waals surface area contributed by atoms with Crippen LogP contribution >= 0.6 is 23.4 Å². The van der Waals surface area contributed by atoms with E-state index in [4.69, 9.17) is 21.1 Å². The molecule has 0 heterocycles. The Morgan fingerprint density at radius 2 is 1.76 bits per heavy atom. The maximum Gasteiger partial charge on any atom is 0.183 e. The third kappa shape index (κ3) is 4.45. The second-order valence-corrected chi connectivity index (χ2v) is 5.88. The van der Waals surface area contributed by atoms with Crippen molar-refractivity contribution in [1.82, 2.24) is 0 Å². The Hall–Kier alpha value is -1.07. The summed E-state index contributed by atoms with van der Waals surface area (Å²) in [6.07, 6.45) is -0.366. The van der Waals surface area contributed by atoms with Gasteiger partial charge >= 0.3 is 0 Å². The van der Waals surface area contributed by atoms with Crippen molar-refractivity contribution in [2.24, 2.45) is 0 Å². The lowest BCUT2D eigenvalue weighted by Crippen LogP contribution is -2.02. The molecule has 0 radical (unpaired) electrons. The van der Waals surface area contributed by atoms with Gasteiger partial charge in [0.25, 0.3) is 0 Å². The van der Waals surface area contributed by atoms with E-state index in [1.165, 1.54) is 6.07 Å². The molecule has 0 fully saturated rings. The van der Waals surface area contributed by atoms with E-state index in [2.05, 4.69) is 0 Å². The van der Waals surface area contributed by atoms with Crippen molar-refractivity contribution < 1.29 is 13.9 Å². The van der Waals surface area contributed by atoms with Gasteiger partial charge in [-0.1, -0.05) is 23.7 Å². The van der Waals surface area contributed by atoms with Gasteiger partial charge in [0, 0.05) is 35.5 Å². The van der Waals surface area contributed by atoms with Crippen LogP contribution in [0.4, 0.5) is 4.39 Å². The summed E-state index contributed by atoms with van der Waals surface area (Å²) in [5.74, 6) is 0.298. The quantitative estimate of drug-likeness (QED) is 0.546. The SMILES string of the molecule is COC(OC)c1ccc(SCc2cc(Cl)ccc2F)cc1. The molecule has 21 heavy (non-hydrogen) atoms. The van der Waals surface area contributed by atoms with E-state index in [0.29, 0.717) is 16.3 Å². The second-order valence-electron chi connectivity index (χ2n) is 4.40. The molecular weight excluding hydrogens is 311 g/mol. The summed E-state index contributed by atoms with van der Waals surface area (Å²) in [6, 6.07) is 12.4. The van der Waals surface area contributed by atoms with E-state index in [1.54, 1.807) is 38.1 Å². The number of hydrogen-bond donors (Lipinski definition) is 0. The summed E-state index contributed by atoms with van der Waals surface area (Å²) in [6.45, 7) is 0. The van der Waals surface area contributed by atoms with Gasteiger partial charge in [0.1, 0.15) is 5.82 Å². The van der Waals surface area contributed by atoms with Gasteiger partial charge in [-0.3, -0.25) is 0 Å². The average Bonchev–Trinajstić information content (AvgIpc) is 2.51. The summed E-state index contributed by atoms with van der Waals surface area (Å²) in [7, 11) is 3.19. The number of rotatable bonds is 6. The van der Waals surface area contributed by atoms with Gasteiger partial charge in [-0.15, -0.1) is 11.8 Å². The zero-order chi connectivity index (χ0) is 15.2. The lowest BCUT2D eigenvalue weighted by Gasteiger charge is -2.13. The third-order valence-electron chi connectivity index (χ3n) is 2.98. The van der Waals surface area contributed by atoms with Gasteiger partial charge in [-0.05, 0) is 35.9 Å². The molecule has 2 nitrogen and oxygen atoms in total. The minimum atomic E-state index is -0.366. The minimum Gasteiger partial charge on any atom is -0.352 e. The van der Waals surface area contributed by atoms with Gasteiger partial charge in [0.05, 0.1) is 0 Å². The number of methoxy groups -OCH3 is 2. The number of ether oxygens (including phenoxy) is 2. The van der Waals surface area contributed by atoms with E-state index >= 15 is 0 Å². The Bertz CT molecular complexity index is 585. The van der Waals surface area contributed by atoms with Crippen molar-refractivity contribution in [1.29, 1.82) is 0 Å². The molecule has 5 heteroatoms. The monoisotopic (exact) mass is 326 g/mol. The first-order chi connectivity index (χ1) is 10.1. The molecule has 0 atom stereocenters. The topological polar surface area (TPSA) is 18.5 Å². The van der Waals surface area contributed by atoms with Crippen LogP contribution in [0.5, 0.6) is 0 Å². The number of thioether (sulfide) groups is 1. The molecule has 0 aliphatic rings. The van der Waals surface area contributed by atoms with Crippen LogP contribution in [-0.4, -0.2) is 14.2 Å². The second kappa shape index (κ2) is 7.80. The molecule has 0 saturated heterocycles. The van der Waals surface area contributed by atoms with E-state index in [-0.39, 0.29) is 12.1 Å². The van der Waals surface area contributed by atoms with Crippen LogP contribution in [0.2, 0.25) is 5.02 Å². The standard InChI is InChI=1S/C16H16ClFO2S/c1-19-16(20-2)11-3-6-14(7-4-11)21-10-12-9-13(17)5-8-15(12)18/h3-9,16H,10H2,1-2H3. The lowest BCUT2D eigenvalue weighted by atomic mass is 10.2. The molecule has 112 valence electrons. The van der Waals surface area contributed by atoms with Crippen LogP contribution in [0.1, 0.15) is 17.4 Å². The van der Waals surface area contributed by atoms with E-state index < -0.39 is 0 Å². The maximum absolute atomic E-state index is 13.6. The molecule has 0 spiro atoms. The summed E-state index contributed by atoms with van der Waals surface area (Å²) >= 11 is 7.43. The van der Waals surface area contributed by atoms with Gasteiger partial charge in [-0.2, -0.15) is 0 Å². The highest BCUT2D eigenvalue weighted by molar-refractivity contribution is 7.98. The van der Waals surface area contributed by atoms with Gasteiger partial charge in [0.15, 0.2) is 6.29 Å². The van der Waals surface area contributed by atoms with Gasteiger partial charge in [-0.25, -0.2) is 4.39 Å². The Labute approximate surface area is 133 Å². The molecule has 0 aliphatic heterocycles. The summed E-state index contributed by atoms with van der Waals surface area (Å²) in [5.41, 5.74) is 1.54. The first-order valence-electron chi connectivity index (χ1n) is 6.36. The lowest BCUT2D eigenvalue weighted by molar-refractivity contribution is -0.106. The fraction of sp³-hybridized carbons (Fsp3) is 0.250. The predicted octanol–water partition coefficient (Wildman–Crippen LogP) is 5.06. The molecule has 0 saturated carbocycles. The van der Waals surface area contributed by atoms with Crippen molar-refractivity contribution in [3.05, 3.63) is 64.4 Å². The fourth-order valence-corrected chi connectivity index (χ4v) is 2.97. The van der Waals surface area contributed by atoms with Crippen LogP contribution in [0.15, 0.2) is 47.4 Å². The van der Waals surface area contributed by atoms with E-state index in [9.17, 15) is 4.39 Å². The molecule has 0 aliphatic carbocycles. The molecule has 2 rings (SSSR count). The van der Waals surface area contributed by atoms with Crippen molar-refractivity contribution in [3.63, 3.8) is 0 Å². The Morgan fingerprint density at radius 1 is 1.10 bits per heavy atom. The van der Waals surface area contributed by atoms with Crippen molar-refractivity contribution in [3.8, 4) is 0 Å². The summed E-state index contributed by atoms with van der Waals surface area (Å²) in [4.78, 5) is 1.05. The van der Waals surface area contributed by atoms with Crippen LogP contribution in [0.3, 0.4) is 0 Å². The molecule has 0 bridgehead atoms. The molecule has 0 aromatic heterocycles. The van der Waals surface area contributed by atoms with Crippen LogP contribution < -0.4 is 0 Å². The molecule has 0 N–H and O–H groups in total. The van der Waals surface area contributed by atoms with Crippen LogP contribution in [-0.2, 0) is 15.2 Å². The summed E-state index contributed by atoms with van der Waals surface area (Å²) in [5, 5.41) is 0.547. The molecule has 0 unspecified atom stereocenters. The van der Waals surface area contributed by atoms with E-state index in [0.717, 1.165) is 10.5 Å². The normalized spacial score (nSPS) is 11.1. The van der Waals surface area contributed by atoms with Gasteiger partial charge in [0.2, 0.25) is 0 Å². The highest BCUT2D eigenvalue weighted by atomic mass is 35.5. The highest BCUT2D eigenvalue weighted by Gasteiger charge is 2.09. The van der Waals surface area contributed by atoms with Crippen LogP contribution in [0.25, 0.3) is 0 Å². The molecular formula is C16H16ClFO2S. The number of halogens is 2. The van der Waals surface area contributed by atoms with E-state index in [1.807, 2.05) is 24.3 Å². The fourth-order valence-electron chi connectivity index (χ4n) is 1.90. The summed E-state index contributed by atoms with van der Waals surface area (Å²) < 4.78 is 24.0. The largest absolute Gasteiger partial charge is 0.352 e. The smallest absolute Gasteiger partial charge is 0.183 e. The third-order valence-corrected chi connectivity index (χ3v) is 4.28. The number of benzene rings is 2. The predicted molar refractivity (Wildman–Crippen MR) is 84.2 cm³/mol. The van der Waals surface area contributed by atoms with Crippen LogP contribution in [0, 0.1) is 5.82 Å². The Balaban J connectivity index is 2.02. The first kappa shape index (κ1) is 16.3. The zero-order valence-electron chi connectivity index (χ0n) is 11.8. The highest BCUT2D eigenvalue weighted by Crippen LogP contribution is 2.27. The Morgan fingerprint density at radius 3 is 2.38 bits per heavy atom. The van der Waals surface area contributed by atoms with Crippen molar-refractivity contribution >= 4 is 23.4 Å². The first-order valence-corrected chi connectivity index (χ1v) is 7.72. The Kier molecular flexibility index (Phi) is 6.06. The van der Waals surface area contributed by atoms with Crippen molar-refractivity contribution in [2.75, 3.05) is 14.2 Å². The molecule has 2 aromatic carbocycles.